The maximum atomic E-state index is 11.1. The SMILES string of the molecule is COC(=O)c1csc(OC)c1C.O=S(=O)=O. The van der Waals surface area contributed by atoms with Crippen molar-refractivity contribution in [1.82, 2.24) is 0 Å². The predicted octanol–water partition coefficient (Wildman–Crippen LogP) is 0.848. The first kappa shape index (κ1) is 14.6. The zero-order valence-electron chi connectivity index (χ0n) is 8.84. The second kappa shape index (κ2) is 6.96. The summed E-state index contributed by atoms with van der Waals surface area (Å²) in [5.74, 6) is -0.313. The van der Waals surface area contributed by atoms with Crippen LogP contribution in [0.3, 0.4) is 0 Å². The molecule has 0 spiro atoms. The van der Waals surface area contributed by atoms with Crippen LogP contribution in [0, 0.1) is 6.92 Å². The molecule has 8 heteroatoms. The standard InChI is InChI=1S/C8H10O3S.O3S/c1-5-6(7(9)10-2)4-12-8(5)11-3;1-4(2)3/h4H,1-3H3;. The molecule has 0 fully saturated rings. The molecule has 0 saturated heterocycles. The number of hydrogen-bond acceptors (Lipinski definition) is 7. The minimum atomic E-state index is -3.11. The topological polar surface area (TPSA) is 86.7 Å². The molecule has 0 atom stereocenters. The summed E-state index contributed by atoms with van der Waals surface area (Å²) in [4.78, 5) is 11.1. The summed E-state index contributed by atoms with van der Waals surface area (Å²) >= 11 is 1.40. The monoisotopic (exact) mass is 266 g/mol. The molecule has 0 amide bonds. The number of ether oxygens (including phenoxy) is 2. The number of thiophene rings is 1. The first-order valence-electron chi connectivity index (χ1n) is 3.91. The van der Waals surface area contributed by atoms with Crippen LogP contribution in [0.2, 0.25) is 0 Å². The van der Waals surface area contributed by atoms with E-state index in [4.69, 9.17) is 17.4 Å². The van der Waals surface area contributed by atoms with Crippen LogP contribution in [0.15, 0.2) is 5.38 Å². The summed E-state index contributed by atoms with van der Waals surface area (Å²) in [5, 5.41) is 2.50. The van der Waals surface area contributed by atoms with Crippen molar-refractivity contribution in [3.05, 3.63) is 16.5 Å². The molecular weight excluding hydrogens is 256 g/mol. The summed E-state index contributed by atoms with van der Waals surface area (Å²) < 4.78 is 35.0. The van der Waals surface area contributed by atoms with Gasteiger partial charge in [-0.25, -0.2) is 4.79 Å². The van der Waals surface area contributed by atoms with E-state index in [1.165, 1.54) is 18.4 Å². The van der Waals surface area contributed by atoms with Crippen molar-refractivity contribution in [3.8, 4) is 5.06 Å². The lowest BCUT2D eigenvalue weighted by Gasteiger charge is -1.98. The van der Waals surface area contributed by atoms with E-state index in [2.05, 4.69) is 4.74 Å². The average molecular weight is 266 g/mol. The Kier molecular flexibility index (Phi) is 6.35. The summed E-state index contributed by atoms with van der Waals surface area (Å²) in [7, 11) is -0.161. The largest absolute Gasteiger partial charge is 0.487 e. The normalized spacial score (nSPS) is 8.69. The Bertz CT molecular complexity index is 451. The molecule has 0 aliphatic heterocycles. The molecule has 1 aromatic rings. The van der Waals surface area contributed by atoms with Crippen molar-refractivity contribution >= 4 is 27.9 Å². The summed E-state index contributed by atoms with van der Waals surface area (Å²) in [5.41, 5.74) is 1.42. The van der Waals surface area contributed by atoms with E-state index in [1.807, 2.05) is 6.92 Å². The van der Waals surface area contributed by atoms with Crippen LogP contribution >= 0.6 is 11.3 Å². The van der Waals surface area contributed by atoms with Crippen LogP contribution in [0.4, 0.5) is 0 Å². The number of methoxy groups -OCH3 is 2. The van der Waals surface area contributed by atoms with Gasteiger partial charge in [0.1, 0.15) is 0 Å². The van der Waals surface area contributed by atoms with Crippen molar-refractivity contribution in [2.75, 3.05) is 14.2 Å². The molecular formula is C8H10O6S2. The Labute approximate surface area is 97.9 Å². The van der Waals surface area contributed by atoms with Crippen LogP contribution in [-0.4, -0.2) is 32.8 Å². The fourth-order valence-electron chi connectivity index (χ4n) is 0.912. The van der Waals surface area contributed by atoms with Crippen LogP contribution in [-0.2, 0) is 15.3 Å². The third-order valence-corrected chi connectivity index (χ3v) is 2.63. The first-order chi connectivity index (χ1) is 7.43. The fraction of sp³-hybridized carbons (Fsp3) is 0.375. The zero-order chi connectivity index (χ0) is 12.7. The van der Waals surface area contributed by atoms with Gasteiger partial charge >= 0.3 is 16.6 Å². The molecule has 0 aliphatic rings. The van der Waals surface area contributed by atoms with Gasteiger partial charge in [-0.3, -0.25) is 0 Å². The van der Waals surface area contributed by atoms with Gasteiger partial charge in [0.25, 0.3) is 0 Å². The quantitative estimate of drug-likeness (QED) is 0.737. The highest BCUT2D eigenvalue weighted by molar-refractivity contribution is 7.59. The number of rotatable bonds is 2. The van der Waals surface area contributed by atoms with Crippen LogP contribution < -0.4 is 4.74 Å². The smallest absolute Gasteiger partial charge is 0.425 e. The highest BCUT2D eigenvalue weighted by Gasteiger charge is 2.14. The Balaban J connectivity index is 0.000000487. The van der Waals surface area contributed by atoms with Gasteiger partial charge in [-0.05, 0) is 6.92 Å². The number of carbonyl (C=O) groups is 1. The third-order valence-electron chi connectivity index (χ3n) is 1.58. The van der Waals surface area contributed by atoms with E-state index < -0.39 is 10.6 Å². The maximum Gasteiger partial charge on any atom is 0.425 e. The van der Waals surface area contributed by atoms with Gasteiger partial charge < -0.3 is 9.47 Å². The minimum Gasteiger partial charge on any atom is -0.487 e. The number of carbonyl (C=O) groups excluding carboxylic acids is 1. The van der Waals surface area contributed by atoms with E-state index >= 15 is 0 Å². The van der Waals surface area contributed by atoms with E-state index in [1.54, 1.807) is 12.5 Å². The second-order valence-electron chi connectivity index (χ2n) is 2.46. The molecule has 0 bridgehead atoms. The van der Waals surface area contributed by atoms with Gasteiger partial charge in [-0.15, -0.1) is 24.0 Å². The molecule has 0 N–H and O–H groups in total. The molecule has 0 aromatic carbocycles. The van der Waals surface area contributed by atoms with Crippen LogP contribution in [0.5, 0.6) is 5.06 Å². The van der Waals surface area contributed by atoms with E-state index in [0.29, 0.717) is 5.56 Å². The lowest BCUT2D eigenvalue weighted by atomic mass is 10.2. The molecule has 6 nitrogen and oxygen atoms in total. The molecule has 1 aromatic heterocycles. The van der Waals surface area contributed by atoms with Gasteiger partial charge in [0.05, 0.1) is 19.8 Å². The molecule has 0 saturated carbocycles. The third kappa shape index (κ3) is 4.41. The first-order valence-corrected chi connectivity index (χ1v) is 5.79. The lowest BCUT2D eigenvalue weighted by molar-refractivity contribution is 0.0600. The lowest BCUT2D eigenvalue weighted by Crippen LogP contribution is -2.01. The van der Waals surface area contributed by atoms with E-state index in [9.17, 15) is 4.79 Å². The maximum absolute atomic E-state index is 11.1. The van der Waals surface area contributed by atoms with E-state index in [-0.39, 0.29) is 5.97 Å². The Morgan fingerprint density at radius 2 is 1.81 bits per heavy atom. The van der Waals surface area contributed by atoms with Crippen molar-refractivity contribution in [2.24, 2.45) is 0 Å². The number of esters is 1. The molecule has 16 heavy (non-hydrogen) atoms. The van der Waals surface area contributed by atoms with Crippen molar-refractivity contribution in [2.45, 2.75) is 6.92 Å². The fourth-order valence-corrected chi connectivity index (χ4v) is 1.79. The van der Waals surface area contributed by atoms with Gasteiger partial charge in [-0.2, -0.15) is 0 Å². The zero-order valence-corrected chi connectivity index (χ0v) is 10.5. The highest BCUT2D eigenvalue weighted by atomic mass is 32.2. The second-order valence-corrected chi connectivity index (χ2v) is 3.71. The van der Waals surface area contributed by atoms with Crippen LogP contribution in [0.1, 0.15) is 15.9 Å². The molecule has 90 valence electrons. The van der Waals surface area contributed by atoms with Gasteiger partial charge in [0.15, 0.2) is 5.06 Å². The van der Waals surface area contributed by atoms with Crippen molar-refractivity contribution < 1.29 is 26.9 Å². The summed E-state index contributed by atoms with van der Waals surface area (Å²) in [6.07, 6.45) is 0. The Morgan fingerprint density at radius 1 is 1.31 bits per heavy atom. The molecule has 1 heterocycles. The van der Waals surface area contributed by atoms with E-state index in [0.717, 1.165) is 10.6 Å². The van der Waals surface area contributed by atoms with Crippen molar-refractivity contribution in [1.29, 1.82) is 0 Å². The minimum absolute atomic E-state index is 0.313. The van der Waals surface area contributed by atoms with Crippen molar-refractivity contribution in [3.63, 3.8) is 0 Å². The summed E-state index contributed by atoms with van der Waals surface area (Å²) in [6.45, 7) is 1.83. The predicted molar refractivity (Wildman–Crippen MR) is 56.6 cm³/mol. The highest BCUT2D eigenvalue weighted by Crippen LogP contribution is 2.29. The Hall–Kier alpha value is -1.41. The van der Waals surface area contributed by atoms with Gasteiger partial charge in [0, 0.05) is 10.9 Å². The van der Waals surface area contributed by atoms with Gasteiger partial charge in [-0.1, -0.05) is 0 Å². The average Bonchev–Trinajstić information content (AvgIpc) is 2.57. The molecule has 0 radical (unpaired) electrons. The summed E-state index contributed by atoms with van der Waals surface area (Å²) in [6, 6.07) is 0. The molecule has 0 aliphatic carbocycles. The van der Waals surface area contributed by atoms with Gasteiger partial charge in [0.2, 0.25) is 0 Å². The number of hydrogen-bond donors (Lipinski definition) is 0. The molecule has 1 rings (SSSR count). The Morgan fingerprint density at radius 3 is 2.12 bits per heavy atom. The van der Waals surface area contributed by atoms with Crippen LogP contribution in [0.25, 0.3) is 0 Å². The molecule has 0 unspecified atom stereocenters.